The van der Waals surface area contributed by atoms with Crippen molar-refractivity contribution in [2.75, 3.05) is 20.1 Å². The molecular weight excluding hydrogens is 295 g/mol. The molecule has 1 aromatic carbocycles. The van der Waals surface area contributed by atoms with Gasteiger partial charge in [0.05, 0.1) is 0 Å². The molecule has 0 aliphatic carbocycles. The van der Waals surface area contributed by atoms with Gasteiger partial charge in [0.2, 0.25) is 0 Å². The maximum absolute atomic E-state index is 13.2. The fraction of sp³-hybridized carbons (Fsp3) is 0.571. The summed E-state index contributed by atoms with van der Waals surface area (Å²) in [4.78, 5) is 2.41. The summed E-state index contributed by atoms with van der Waals surface area (Å²) in [7, 11) is 2.18. The third kappa shape index (κ3) is 4.04. The minimum atomic E-state index is -0.184. The van der Waals surface area contributed by atoms with Gasteiger partial charge in [0, 0.05) is 23.6 Å². The highest BCUT2D eigenvalue weighted by atomic mass is 79.9. The second-order valence-corrected chi connectivity index (χ2v) is 5.95. The molecule has 1 unspecified atom stereocenters. The molecule has 0 saturated carbocycles. The molecule has 1 atom stereocenters. The van der Waals surface area contributed by atoms with Crippen molar-refractivity contribution in [3.05, 3.63) is 34.1 Å². The van der Waals surface area contributed by atoms with E-state index in [1.54, 1.807) is 6.07 Å². The van der Waals surface area contributed by atoms with E-state index in [-0.39, 0.29) is 5.82 Å². The predicted octanol–water partition coefficient (Wildman–Crippen LogP) is 3.16. The van der Waals surface area contributed by atoms with Crippen LogP contribution in [0.3, 0.4) is 0 Å². The Labute approximate surface area is 117 Å². The van der Waals surface area contributed by atoms with Crippen molar-refractivity contribution in [2.24, 2.45) is 0 Å². The van der Waals surface area contributed by atoms with E-state index < -0.39 is 0 Å². The molecule has 0 aromatic heterocycles. The summed E-state index contributed by atoms with van der Waals surface area (Å²) >= 11 is 3.32. The number of nitrogens with one attached hydrogen (secondary N) is 1. The van der Waals surface area contributed by atoms with Crippen molar-refractivity contribution >= 4 is 15.9 Å². The van der Waals surface area contributed by atoms with Gasteiger partial charge in [-0.15, -0.1) is 0 Å². The summed E-state index contributed by atoms with van der Waals surface area (Å²) in [5.74, 6) is -0.184. The van der Waals surface area contributed by atoms with Crippen molar-refractivity contribution in [3.8, 4) is 0 Å². The number of rotatable bonds is 4. The molecule has 1 aliphatic heterocycles. The van der Waals surface area contributed by atoms with Crippen LogP contribution >= 0.6 is 15.9 Å². The van der Waals surface area contributed by atoms with Gasteiger partial charge in [0.25, 0.3) is 0 Å². The van der Waals surface area contributed by atoms with Gasteiger partial charge in [-0.3, -0.25) is 0 Å². The van der Waals surface area contributed by atoms with E-state index in [9.17, 15) is 4.39 Å². The SMILES string of the molecule is CN1CCCCC1CNCc1cc(F)cc(Br)c1. The molecule has 0 radical (unpaired) electrons. The van der Waals surface area contributed by atoms with Crippen LogP contribution in [0.25, 0.3) is 0 Å². The Kier molecular flexibility index (Phi) is 5.15. The molecular formula is C14H20BrFN2. The lowest BCUT2D eigenvalue weighted by atomic mass is 10.0. The summed E-state index contributed by atoms with van der Waals surface area (Å²) in [6.07, 6.45) is 3.89. The van der Waals surface area contributed by atoms with Crippen LogP contribution in [-0.2, 0) is 6.54 Å². The minimum absolute atomic E-state index is 0.184. The lowest BCUT2D eigenvalue weighted by molar-refractivity contribution is 0.181. The molecule has 0 bridgehead atoms. The van der Waals surface area contributed by atoms with E-state index in [0.717, 1.165) is 23.1 Å². The first kappa shape index (κ1) is 14.0. The van der Waals surface area contributed by atoms with E-state index in [4.69, 9.17) is 0 Å². The Morgan fingerprint density at radius 2 is 2.22 bits per heavy atom. The first-order valence-corrected chi connectivity index (χ1v) is 7.30. The van der Waals surface area contributed by atoms with Crippen molar-refractivity contribution in [1.29, 1.82) is 0 Å². The van der Waals surface area contributed by atoms with Crippen LogP contribution < -0.4 is 5.32 Å². The zero-order valence-electron chi connectivity index (χ0n) is 10.8. The topological polar surface area (TPSA) is 15.3 Å². The third-order valence-electron chi connectivity index (χ3n) is 3.55. The summed E-state index contributed by atoms with van der Waals surface area (Å²) in [6, 6.07) is 5.65. The summed E-state index contributed by atoms with van der Waals surface area (Å²) in [6.45, 7) is 2.89. The van der Waals surface area contributed by atoms with Crippen LogP contribution in [-0.4, -0.2) is 31.1 Å². The lowest BCUT2D eigenvalue weighted by Gasteiger charge is -2.32. The summed E-state index contributed by atoms with van der Waals surface area (Å²) in [5.41, 5.74) is 0.986. The number of halogens is 2. The molecule has 2 rings (SSSR count). The van der Waals surface area contributed by atoms with Gasteiger partial charge in [0.15, 0.2) is 0 Å². The van der Waals surface area contributed by atoms with E-state index in [2.05, 4.69) is 33.2 Å². The van der Waals surface area contributed by atoms with Crippen molar-refractivity contribution < 1.29 is 4.39 Å². The highest BCUT2D eigenvalue weighted by Gasteiger charge is 2.17. The monoisotopic (exact) mass is 314 g/mol. The highest BCUT2D eigenvalue weighted by molar-refractivity contribution is 9.10. The quantitative estimate of drug-likeness (QED) is 0.918. The molecule has 1 saturated heterocycles. The normalized spacial score (nSPS) is 21.2. The number of hydrogen-bond donors (Lipinski definition) is 1. The van der Waals surface area contributed by atoms with E-state index in [1.165, 1.54) is 31.9 Å². The van der Waals surface area contributed by atoms with Gasteiger partial charge in [-0.2, -0.15) is 0 Å². The van der Waals surface area contributed by atoms with E-state index in [1.807, 2.05) is 6.07 Å². The Bertz CT molecular complexity index is 377. The second kappa shape index (κ2) is 6.64. The second-order valence-electron chi connectivity index (χ2n) is 5.04. The first-order valence-electron chi connectivity index (χ1n) is 6.51. The number of hydrogen-bond acceptors (Lipinski definition) is 2. The Balaban J connectivity index is 1.80. The van der Waals surface area contributed by atoms with Crippen LogP contribution in [0.2, 0.25) is 0 Å². The lowest BCUT2D eigenvalue weighted by Crippen LogP contribution is -2.42. The van der Waals surface area contributed by atoms with Gasteiger partial charge in [-0.1, -0.05) is 22.4 Å². The van der Waals surface area contributed by atoms with Gasteiger partial charge in [-0.05, 0) is 50.2 Å². The number of benzene rings is 1. The molecule has 1 heterocycles. The summed E-state index contributed by atoms with van der Waals surface area (Å²) in [5, 5.41) is 3.43. The van der Waals surface area contributed by atoms with Crippen molar-refractivity contribution in [3.63, 3.8) is 0 Å². The Morgan fingerprint density at radius 1 is 1.39 bits per heavy atom. The van der Waals surface area contributed by atoms with Crippen molar-refractivity contribution in [1.82, 2.24) is 10.2 Å². The van der Waals surface area contributed by atoms with E-state index in [0.29, 0.717) is 6.04 Å². The standard InChI is InChI=1S/C14H20BrFN2/c1-18-5-3-2-4-14(18)10-17-9-11-6-12(15)8-13(16)7-11/h6-8,14,17H,2-5,9-10H2,1H3. The Hall–Kier alpha value is -0.450. The summed E-state index contributed by atoms with van der Waals surface area (Å²) < 4.78 is 14.0. The minimum Gasteiger partial charge on any atom is -0.311 e. The molecule has 4 heteroatoms. The molecule has 1 fully saturated rings. The van der Waals surface area contributed by atoms with Gasteiger partial charge >= 0.3 is 0 Å². The fourth-order valence-corrected chi connectivity index (χ4v) is 3.01. The molecule has 1 aliphatic rings. The first-order chi connectivity index (χ1) is 8.65. The van der Waals surface area contributed by atoms with Crippen LogP contribution in [0.5, 0.6) is 0 Å². The third-order valence-corrected chi connectivity index (χ3v) is 4.01. The molecule has 0 spiro atoms. The molecule has 18 heavy (non-hydrogen) atoms. The smallest absolute Gasteiger partial charge is 0.124 e. The van der Waals surface area contributed by atoms with Gasteiger partial charge in [-0.25, -0.2) is 4.39 Å². The average Bonchev–Trinajstić information content (AvgIpc) is 2.30. The van der Waals surface area contributed by atoms with Crippen LogP contribution in [0.4, 0.5) is 4.39 Å². The van der Waals surface area contributed by atoms with Crippen LogP contribution in [0.15, 0.2) is 22.7 Å². The van der Waals surface area contributed by atoms with Crippen LogP contribution in [0, 0.1) is 5.82 Å². The van der Waals surface area contributed by atoms with Crippen LogP contribution in [0.1, 0.15) is 24.8 Å². The zero-order valence-corrected chi connectivity index (χ0v) is 12.3. The highest BCUT2D eigenvalue weighted by Crippen LogP contribution is 2.16. The largest absolute Gasteiger partial charge is 0.311 e. The molecule has 2 nitrogen and oxygen atoms in total. The number of likely N-dealkylation sites (tertiary alicyclic amines) is 1. The average molecular weight is 315 g/mol. The molecule has 1 aromatic rings. The number of piperidine rings is 1. The van der Waals surface area contributed by atoms with Crippen molar-refractivity contribution in [2.45, 2.75) is 31.8 Å². The van der Waals surface area contributed by atoms with E-state index >= 15 is 0 Å². The molecule has 0 amide bonds. The predicted molar refractivity (Wildman–Crippen MR) is 76.1 cm³/mol. The van der Waals surface area contributed by atoms with Gasteiger partial charge < -0.3 is 10.2 Å². The molecule has 1 N–H and O–H groups in total. The number of nitrogens with zero attached hydrogens (tertiary/aromatic N) is 1. The maximum Gasteiger partial charge on any atom is 0.124 e. The van der Waals surface area contributed by atoms with Gasteiger partial charge in [0.1, 0.15) is 5.82 Å². The zero-order chi connectivity index (χ0) is 13.0. The maximum atomic E-state index is 13.2. The number of likely N-dealkylation sites (N-methyl/N-ethyl adjacent to an activating group) is 1. The molecule has 100 valence electrons. The Morgan fingerprint density at radius 3 is 2.94 bits per heavy atom. The fourth-order valence-electron chi connectivity index (χ4n) is 2.50.